The third-order valence-corrected chi connectivity index (χ3v) is 4.42. The topological polar surface area (TPSA) is 26.3 Å². The minimum Gasteiger partial charge on any atom is -0.423 e. The van der Waals surface area contributed by atoms with Crippen molar-refractivity contribution in [2.75, 3.05) is 0 Å². The zero-order valence-electron chi connectivity index (χ0n) is 13.2. The molecule has 1 heterocycles. The zero-order valence-corrected chi connectivity index (χ0v) is 14.0. The van der Waals surface area contributed by atoms with Crippen LogP contribution in [-0.4, -0.2) is 5.97 Å². The maximum Gasteiger partial charge on any atom is 0.335 e. The quantitative estimate of drug-likeness (QED) is 0.376. The van der Waals surface area contributed by atoms with Crippen LogP contribution in [0.25, 0.3) is 10.4 Å². The molecule has 0 unspecified atom stereocenters. The van der Waals surface area contributed by atoms with Crippen LogP contribution in [0.2, 0.25) is 0 Å². The summed E-state index contributed by atoms with van der Waals surface area (Å²) < 4.78 is 5.27. The van der Waals surface area contributed by atoms with Gasteiger partial charge in [-0.05, 0) is 54.8 Å². The summed E-state index contributed by atoms with van der Waals surface area (Å²) in [5.74, 6) is 0.266. The van der Waals surface area contributed by atoms with E-state index in [9.17, 15) is 4.79 Å². The van der Waals surface area contributed by atoms with Crippen LogP contribution < -0.4 is 4.74 Å². The fraction of sp³-hybridized carbons (Fsp3) is 0.316. The maximum atomic E-state index is 11.6. The number of hydrogen-bond acceptors (Lipinski definition) is 3. The average Bonchev–Trinajstić information content (AvgIpc) is 2.97. The largest absolute Gasteiger partial charge is 0.423 e. The van der Waals surface area contributed by atoms with Gasteiger partial charge in [0.2, 0.25) is 0 Å². The number of esters is 1. The van der Waals surface area contributed by atoms with Crippen LogP contribution in [0.3, 0.4) is 0 Å². The lowest BCUT2D eigenvalue weighted by atomic mass is 10.2. The van der Waals surface area contributed by atoms with E-state index in [1.165, 1.54) is 22.3 Å². The van der Waals surface area contributed by atoms with Gasteiger partial charge in [-0.25, -0.2) is 4.79 Å². The van der Waals surface area contributed by atoms with E-state index in [2.05, 4.69) is 26.0 Å². The minimum absolute atomic E-state index is 0.317. The Hall–Kier alpha value is -1.87. The van der Waals surface area contributed by atoms with Crippen LogP contribution in [0.1, 0.15) is 38.0 Å². The predicted octanol–water partition coefficient (Wildman–Crippen LogP) is 5.63. The van der Waals surface area contributed by atoms with Crippen LogP contribution in [0.5, 0.6) is 5.75 Å². The molecule has 2 rings (SSSR count). The molecule has 1 aromatic carbocycles. The summed E-state index contributed by atoms with van der Waals surface area (Å²) in [6, 6.07) is 12.0. The third-order valence-electron chi connectivity index (χ3n) is 3.22. The number of unbranched alkanes of at least 4 members (excludes halogenated alkanes) is 1. The summed E-state index contributed by atoms with van der Waals surface area (Å²) in [6.07, 6.45) is 7.56. The maximum absolute atomic E-state index is 11.6. The van der Waals surface area contributed by atoms with Gasteiger partial charge in [0, 0.05) is 15.8 Å². The Labute approximate surface area is 136 Å². The number of carbonyl (C=O) groups excluding carboxylic acids is 1. The number of aryl methyl sites for hydroxylation is 1. The standard InChI is InChI=1S/C19H22O2S/c1-3-5-6-8-19(20)21-16-11-9-15(10-12-16)18-14-13-17(22-18)7-4-2/h6,8-14H,3-5,7H2,1-2H3/b8-6+. The van der Waals surface area contributed by atoms with Gasteiger partial charge in [-0.1, -0.05) is 32.8 Å². The second-order valence-corrected chi connectivity index (χ2v) is 6.32. The predicted molar refractivity (Wildman–Crippen MR) is 93.4 cm³/mol. The van der Waals surface area contributed by atoms with Crippen LogP contribution in [0.4, 0.5) is 0 Å². The molecule has 3 heteroatoms. The van der Waals surface area contributed by atoms with Crippen molar-refractivity contribution in [1.29, 1.82) is 0 Å². The first-order chi connectivity index (χ1) is 10.7. The second kappa shape index (κ2) is 8.54. The molecule has 0 amide bonds. The summed E-state index contributed by atoms with van der Waals surface area (Å²) in [4.78, 5) is 14.3. The van der Waals surface area contributed by atoms with Gasteiger partial charge < -0.3 is 4.74 Å². The van der Waals surface area contributed by atoms with Crippen molar-refractivity contribution < 1.29 is 9.53 Å². The molecule has 0 saturated carbocycles. The molecule has 0 aliphatic carbocycles. The molecule has 1 aromatic heterocycles. The number of hydrogen-bond donors (Lipinski definition) is 0. The van der Waals surface area contributed by atoms with E-state index in [0.29, 0.717) is 5.75 Å². The van der Waals surface area contributed by atoms with Crippen molar-refractivity contribution >= 4 is 17.3 Å². The summed E-state index contributed by atoms with van der Waals surface area (Å²) >= 11 is 1.82. The molecule has 0 radical (unpaired) electrons. The third kappa shape index (κ3) is 4.85. The molecule has 0 saturated heterocycles. The molecule has 0 N–H and O–H groups in total. The highest BCUT2D eigenvalue weighted by molar-refractivity contribution is 7.15. The zero-order chi connectivity index (χ0) is 15.8. The van der Waals surface area contributed by atoms with Crippen molar-refractivity contribution in [3.05, 3.63) is 53.4 Å². The Morgan fingerprint density at radius 2 is 1.86 bits per heavy atom. The summed E-state index contributed by atoms with van der Waals surface area (Å²) in [7, 11) is 0. The first kappa shape index (κ1) is 16.5. The Kier molecular flexibility index (Phi) is 6.41. The van der Waals surface area contributed by atoms with Crippen molar-refractivity contribution in [1.82, 2.24) is 0 Å². The van der Waals surface area contributed by atoms with Gasteiger partial charge in [0.05, 0.1) is 0 Å². The van der Waals surface area contributed by atoms with E-state index in [1.807, 2.05) is 41.7 Å². The Morgan fingerprint density at radius 3 is 2.55 bits per heavy atom. The fourth-order valence-corrected chi connectivity index (χ4v) is 3.21. The van der Waals surface area contributed by atoms with E-state index in [0.717, 1.165) is 24.8 Å². The fourth-order valence-electron chi connectivity index (χ4n) is 2.10. The molecular formula is C19H22O2S. The normalized spacial score (nSPS) is 11.0. The number of allylic oxidation sites excluding steroid dienone is 1. The van der Waals surface area contributed by atoms with Crippen molar-refractivity contribution in [3.8, 4) is 16.2 Å². The molecule has 2 nitrogen and oxygen atoms in total. The van der Waals surface area contributed by atoms with E-state index in [1.54, 1.807) is 0 Å². The lowest BCUT2D eigenvalue weighted by Gasteiger charge is -2.03. The van der Waals surface area contributed by atoms with Crippen molar-refractivity contribution in [3.63, 3.8) is 0 Å². The molecular weight excluding hydrogens is 292 g/mol. The second-order valence-electron chi connectivity index (χ2n) is 5.15. The number of ether oxygens (including phenoxy) is 1. The summed E-state index contributed by atoms with van der Waals surface area (Å²) in [5, 5.41) is 0. The van der Waals surface area contributed by atoms with E-state index < -0.39 is 0 Å². The highest BCUT2D eigenvalue weighted by Crippen LogP contribution is 2.30. The first-order valence-corrected chi connectivity index (χ1v) is 8.62. The highest BCUT2D eigenvalue weighted by atomic mass is 32.1. The monoisotopic (exact) mass is 314 g/mol. The molecule has 0 bridgehead atoms. The number of benzene rings is 1. The van der Waals surface area contributed by atoms with Gasteiger partial charge in [-0.3, -0.25) is 0 Å². The first-order valence-electron chi connectivity index (χ1n) is 7.80. The van der Waals surface area contributed by atoms with Crippen LogP contribution >= 0.6 is 11.3 Å². The van der Waals surface area contributed by atoms with Gasteiger partial charge >= 0.3 is 5.97 Å². The molecule has 0 aliphatic rings. The number of rotatable bonds is 7. The number of carbonyl (C=O) groups is 1. The lowest BCUT2D eigenvalue weighted by molar-refractivity contribution is -0.129. The Bertz CT molecular complexity index is 623. The van der Waals surface area contributed by atoms with E-state index >= 15 is 0 Å². The van der Waals surface area contributed by atoms with Crippen molar-refractivity contribution in [2.24, 2.45) is 0 Å². The van der Waals surface area contributed by atoms with Gasteiger partial charge in [0.1, 0.15) is 5.75 Å². The van der Waals surface area contributed by atoms with Crippen LogP contribution in [0.15, 0.2) is 48.6 Å². The Morgan fingerprint density at radius 1 is 1.09 bits per heavy atom. The average molecular weight is 314 g/mol. The van der Waals surface area contributed by atoms with Gasteiger partial charge in [-0.2, -0.15) is 0 Å². The van der Waals surface area contributed by atoms with Crippen molar-refractivity contribution in [2.45, 2.75) is 39.5 Å². The van der Waals surface area contributed by atoms with Gasteiger partial charge in [0.25, 0.3) is 0 Å². The van der Waals surface area contributed by atoms with Crippen LogP contribution in [-0.2, 0) is 11.2 Å². The summed E-state index contributed by atoms with van der Waals surface area (Å²) in [5.41, 5.74) is 1.16. The highest BCUT2D eigenvalue weighted by Gasteiger charge is 2.04. The Balaban J connectivity index is 1.98. The smallest absolute Gasteiger partial charge is 0.335 e. The molecule has 0 aliphatic heterocycles. The molecule has 0 atom stereocenters. The van der Waals surface area contributed by atoms with E-state index in [-0.39, 0.29) is 5.97 Å². The summed E-state index contributed by atoms with van der Waals surface area (Å²) in [6.45, 7) is 4.27. The molecule has 22 heavy (non-hydrogen) atoms. The molecule has 2 aromatic rings. The minimum atomic E-state index is -0.317. The van der Waals surface area contributed by atoms with Crippen LogP contribution in [0, 0.1) is 0 Å². The van der Waals surface area contributed by atoms with E-state index in [4.69, 9.17) is 4.74 Å². The molecule has 116 valence electrons. The lowest BCUT2D eigenvalue weighted by Crippen LogP contribution is -2.03. The SMILES string of the molecule is CCC/C=C/C(=O)Oc1ccc(-c2ccc(CCC)s2)cc1. The molecule has 0 fully saturated rings. The van der Waals surface area contributed by atoms with Gasteiger partial charge in [-0.15, -0.1) is 11.3 Å². The van der Waals surface area contributed by atoms with Gasteiger partial charge in [0.15, 0.2) is 0 Å². The molecule has 0 spiro atoms. The number of thiophene rings is 1.